The number of para-hydroxylation sites is 2. The summed E-state index contributed by atoms with van der Waals surface area (Å²) in [7, 11) is -1.36. The first-order chi connectivity index (χ1) is 26.9. The second-order valence-electron chi connectivity index (χ2n) is 13.9. The van der Waals surface area contributed by atoms with Gasteiger partial charge in [0.1, 0.15) is 5.82 Å². The fourth-order valence-electron chi connectivity index (χ4n) is 6.49. The molecular weight excluding hydrogens is 866 g/mol. The first-order valence-electron chi connectivity index (χ1n) is 18.7. The van der Waals surface area contributed by atoms with Crippen LogP contribution in [0, 0.1) is 31.8 Å². The van der Waals surface area contributed by atoms with Gasteiger partial charge in [0.25, 0.3) is 0 Å². The third kappa shape index (κ3) is 7.18. The first-order valence-corrected chi connectivity index (χ1v) is 20.7. The van der Waals surface area contributed by atoms with Gasteiger partial charge < -0.3 is 14.0 Å². The number of furan rings is 1. The van der Waals surface area contributed by atoms with Crippen molar-refractivity contribution in [1.29, 1.82) is 0 Å². The summed E-state index contributed by atoms with van der Waals surface area (Å²) in [6.45, 7) is 10.8. The fourth-order valence-corrected chi connectivity index (χ4v) is 7.53. The van der Waals surface area contributed by atoms with E-state index >= 15 is 0 Å². The smallest absolute Gasteiger partial charge is 0.216 e. The van der Waals surface area contributed by atoms with Gasteiger partial charge >= 0.3 is 0 Å². The van der Waals surface area contributed by atoms with Gasteiger partial charge in [0, 0.05) is 57.7 Å². The minimum atomic E-state index is -1.36. The van der Waals surface area contributed by atoms with Crippen molar-refractivity contribution in [2.75, 3.05) is 0 Å². The van der Waals surface area contributed by atoms with Crippen LogP contribution in [-0.4, -0.2) is 32.6 Å². The summed E-state index contributed by atoms with van der Waals surface area (Å²) in [4.78, 5) is 18.5. The molecule has 9 heteroatoms. The normalized spacial score (nSPS) is 12.1. The maximum Gasteiger partial charge on any atom is 0.216 e. The Kier molecular flexibility index (Phi) is 9.18. The summed E-state index contributed by atoms with van der Waals surface area (Å²) < 4.78 is 45.0. The number of benzene rings is 4. The second-order valence-corrected chi connectivity index (χ2v) is 19.0. The number of rotatable bonds is 5. The van der Waals surface area contributed by atoms with Crippen molar-refractivity contribution in [3.8, 4) is 39.5 Å². The number of pyridine rings is 3. The number of aromatic nitrogens is 5. The Morgan fingerprint density at radius 2 is 1.61 bits per heavy atom. The van der Waals surface area contributed by atoms with Crippen molar-refractivity contribution in [3.63, 3.8) is 0 Å². The predicted octanol–water partition coefficient (Wildman–Crippen LogP) is 10.7. The van der Waals surface area contributed by atoms with E-state index in [0.717, 1.165) is 55.6 Å². The number of imidazole rings is 1. The zero-order valence-electron chi connectivity index (χ0n) is 33.2. The molecule has 5 heterocycles. The molecule has 0 amide bonds. The van der Waals surface area contributed by atoms with Gasteiger partial charge in [-0.25, -0.2) is 9.37 Å². The first kappa shape index (κ1) is 33.0. The molecule has 6 nitrogen and oxygen atoms in total. The number of halogens is 1. The molecule has 0 bridgehead atoms. The van der Waals surface area contributed by atoms with Gasteiger partial charge in [0.05, 0.1) is 30.5 Å². The maximum absolute atomic E-state index is 13.7. The molecule has 0 aliphatic heterocycles. The Morgan fingerprint density at radius 3 is 2.33 bits per heavy atom. The average Bonchev–Trinajstić information content (AvgIpc) is 3.76. The van der Waals surface area contributed by atoms with Gasteiger partial charge in [-0.15, -0.1) is 48.0 Å². The maximum atomic E-state index is 13.7. The molecule has 0 aliphatic rings. The molecule has 9 rings (SSSR count). The summed E-state index contributed by atoms with van der Waals surface area (Å²) in [6, 6.07) is 36.1. The molecule has 1 radical (unpaired) electrons. The molecule has 0 N–H and O–H groups in total. The standard InChI is InChI=1S/C31H20FN4O.C14H16NSi.Ir/c1-18-16-22(17-19(2)34-18)36-27-8-4-3-7-26(27)35-30(36)25-14-13-23(20-9-11-21(32)12-10-20)28-24-6-5-15-33-31(24)37-29(25)28;1-16(2,3)13-9-10-14(15-11-13)12-7-5-4-6-8-12;/h3-13,15-17H,1-2H3;4-7,9-11H,1-3H3;/q2*-1;/i;4D,5D,6D;. The Morgan fingerprint density at radius 1 is 0.833 bits per heavy atom. The molecule has 9 aromatic rings. The molecule has 54 heavy (non-hydrogen) atoms. The van der Waals surface area contributed by atoms with Crippen LogP contribution in [0.4, 0.5) is 4.39 Å². The van der Waals surface area contributed by atoms with E-state index in [4.69, 9.17) is 13.5 Å². The van der Waals surface area contributed by atoms with Crippen molar-refractivity contribution < 1.29 is 33.0 Å². The Labute approximate surface area is 332 Å². The van der Waals surface area contributed by atoms with Crippen molar-refractivity contribution in [2.45, 2.75) is 33.5 Å². The van der Waals surface area contributed by atoms with Crippen LogP contribution in [0.2, 0.25) is 19.6 Å². The zero-order chi connectivity index (χ0) is 39.3. The van der Waals surface area contributed by atoms with Crippen molar-refractivity contribution in [1.82, 2.24) is 24.5 Å². The van der Waals surface area contributed by atoms with Gasteiger partial charge in [-0.2, -0.15) is 0 Å². The number of aryl methyl sites for hydroxylation is 2. The topological polar surface area (TPSA) is 69.6 Å². The molecule has 0 atom stereocenters. The van der Waals surface area contributed by atoms with Crippen LogP contribution in [0.5, 0.6) is 0 Å². The van der Waals surface area contributed by atoms with Gasteiger partial charge in [-0.05, 0) is 80.0 Å². The van der Waals surface area contributed by atoms with Gasteiger partial charge in [-0.3, -0.25) is 9.97 Å². The number of hydrogen-bond acceptors (Lipinski definition) is 5. The van der Waals surface area contributed by atoms with Crippen LogP contribution in [0.25, 0.3) is 72.6 Å². The van der Waals surface area contributed by atoms with Crippen LogP contribution in [0.3, 0.4) is 0 Å². The van der Waals surface area contributed by atoms with Crippen LogP contribution in [-0.2, 0) is 20.1 Å². The van der Waals surface area contributed by atoms with E-state index < -0.39 is 8.07 Å². The molecule has 0 aliphatic carbocycles. The fraction of sp³-hybridized carbons (Fsp3) is 0.111. The molecule has 0 saturated carbocycles. The van der Waals surface area contributed by atoms with E-state index in [-0.39, 0.29) is 44.0 Å². The summed E-state index contributed by atoms with van der Waals surface area (Å²) in [6.07, 6.45) is 3.58. The van der Waals surface area contributed by atoms with Crippen LogP contribution < -0.4 is 5.19 Å². The summed E-state index contributed by atoms with van der Waals surface area (Å²) in [5.41, 5.74) is 9.60. The molecule has 4 aromatic carbocycles. The third-order valence-corrected chi connectivity index (χ3v) is 11.1. The van der Waals surface area contributed by atoms with Crippen molar-refractivity contribution in [2.24, 2.45) is 0 Å². The summed E-state index contributed by atoms with van der Waals surface area (Å²) >= 11 is 0. The third-order valence-electron chi connectivity index (χ3n) is 9.04. The van der Waals surface area contributed by atoms with E-state index in [2.05, 4.69) is 75.6 Å². The number of fused-ring (bicyclic) bond motifs is 4. The predicted molar refractivity (Wildman–Crippen MR) is 215 cm³/mol. The molecule has 269 valence electrons. The molecule has 0 spiro atoms. The monoisotopic (exact) mass is 905 g/mol. The molecule has 5 aromatic heterocycles. The number of nitrogens with zero attached hydrogens (tertiary/aromatic N) is 5. The summed E-state index contributed by atoms with van der Waals surface area (Å²) in [5.74, 6) is 0.428. The van der Waals surface area contributed by atoms with Crippen LogP contribution in [0.1, 0.15) is 15.5 Å². The van der Waals surface area contributed by atoms with Crippen LogP contribution in [0.15, 0.2) is 132 Å². The SMILES string of the molecule is Cc1cc(-n2c(-c3[c-]cc(-c4ccc(F)cc4)c4c3oc3ncccc34)nc3ccccc32)cc(C)n1.[2H]c1[c-]c(-c2ccc([Si](C)(C)C)cn2)cc([2H])c1[2H].[Ir]. The van der Waals surface area contributed by atoms with Gasteiger partial charge in [-0.1, -0.05) is 72.7 Å². The molecule has 0 unspecified atom stereocenters. The van der Waals surface area contributed by atoms with Crippen molar-refractivity contribution in [3.05, 3.63) is 157 Å². The minimum absolute atomic E-state index is 0. The van der Waals surface area contributed by atoms with Crippen molar-refractivity contribution >= 4 is 46.4 Å². The molecular formula is C45H36FIrN5OSi-2. The zero-order valence-corrected chi connectivity index (χ0v) is 33.6. The van der Waals surface area contributed by atoms with E-state index in [1.807, 2.05) is 62.5 Å². The van der Waals surface area contributed by atoms with Crippen LogP contribution >= 0.6 is 0 Å². The van der Waals surface area contributed by atoms with E-state index in [9.17, 15) is 4.39 Å². The Bertz CT molecular complexity index is 2880. The quantitative estimate of drug-likeness (QED) is 0.127. The second kappa shape index (κ2) is 15.0. The summed E-state index contributed by atoms with van der Waals surface area (Å²) in [5, 5.41) is 3.04. The van der Waals surface area contributed by atoms with E-state index in [0.29, 0.717) is 28.4 Å². The largest absolute Gasteiger partial charge is 0.486 e. The average molecular weight is 905 g/mol. The minimum Gasteiger partial charge on any atom is -0.486 e. The number of hydrogen-bond donors (Lipinski definition) is 0. The van der Waals surface area contributed by atoms with Gasteiger partial charge in [0.2, 0.25) is 5.71 Å². The molecule has 0 saturated heterocycles. The molecule has 0 fully saturated rings. The Balaban J connectivity index is 0.000000211. The van der Waals surface area contributed by atoms with E-state index in [1.165, 1.54) is 23.4 Å². The van der Waals surface area contributed by atoms with Gasteiger partial charge in [0.15, 0.2) is 0 Å². The Hall–Kier alpha value is -5.60. The van der Waals surface area contributed by atoms with E-state index in [1.54, 1.807) is 18.3 Å².